The van der Waals surface area contributed by atoms with Crippen molar-refractivity contribution >= 4 is 40.5 Å². The van der Waals surface area contributed by atoms with Crippen LogP contribution >= 0.6 is 0 Å². The van der Waals surface area contributed by atoms with Crippen LogP contribution in [-0.2, 0) is 30.4 Å². The number of aromatic amines is 1. The maximum absolute atomic E-state index is 12.6. The van der Waals surface area contributed by atoms with Crippen molar-refractivity contribution in [3.05, 3.63) is 36.0 Å². The van der Waals surface area contributed by atoms with Crippen LogP contribution in [0.15, 0.2) is 30.5 Å². The number of nitrogens with one attached hydrogen (secondary N) is 4. The van der Waals surface area contributed by atoms with Crippen LogP contribution in [0.3, 0.4) is 0 Å². The molecule has 0 fully saturated rings. The van der Waals surface area contributed by atoms with E-state index < -0.39 is 47.7 Å². The molecule has 4 amide bonds. The lowest BCUT2D eigenvalue weighted by Gasteiger charge is -2.22. The van der Waals surface area contributed by atoms with Crippen molar-refractivity contribution in [3.63, 3.8) is 0 Å². The van der Waals surface area contributed by atoms with Crippen LogP contribution in [0.5, 0.6) is 0 Å². The summed E-state index contributed by atoms with van der Waals surface area (Å²) in [6.45, 7) is 0.998. The van der Waals surface area contributed by atoms with E-state index in [4.69, 9.17) is 11.5 Å². The van der Waals surface area contributed by atoms with E-state index in [1.54, 1.807) is 6.20 Å². The van der Waals surface area contributed by atoms with Crippen LogP contribution in [-0.4, -0.2) is 64.4 Å². The highest BCUT2D eigenvalue weighted by Crippen LogP contribution is 2.19. The first-order valence-corrected chi connectivity index (χ1v) is 10.3. The average molecular weight is 460 g/mol. The molecule has 178 valence electrons. The summed E-state index contributed by atoms with van der Waals surface area (Å²) in [4.78, 5) is 62.5. The maximum Gasteiger partial charge on any atom is 0.326 e. The molecule has 2 rings (SSSR count). The number of fused-ring (bicyclic) bond motifs is 1. The fourth-order valence-electron chi connectivity index (χ4n) is 3.21. The molecule has 33 heavy (non-hydrogen) atoms. The van der Waals surface area contributed by atoms with Gasteiger partial charge in [-0.3, -0.25) is 19.2 Å². The Morgan fingerprint density at radius 1 is 1.03 bits per heavy atom. The van der Waals surface area contributed by atoms with E-state index in [2.05, 4.69) is 20.9 Å². The van der Waals surface area contributed by atoms with E-state index in [-0.39, 0.29) is 25.8 Å². The molecule has 1 aromatic carbocycles. The van der Waals surface area contributed by atoms with Gasteiger partial charge in [0, 0.05) is 29.9 Å². The van der Waals surface area contributed by atoms with E-state index in [0.717, 1.165) is 10.9 Å². The number of hydrogen-bond acceptors (Lipinski definition) is 6. The number of carbonyl (C=O) groups is 5. The van der Waals surface area contributed by atoms with Crippen LogP contribution in [0, 0.1) is 0 Å². The lowest BCUT2D eigenvalue weighted by molar-refractivity contribution is -0.142. The Balaban J connectivity index is 2.03. The fourth-order valence-corrected chi connectivity index (χ4v) is 3.21. The van der Waals surface area contributed by atoms with Gasteiger partial charge in [-0.25, -0.2) is 4.79 Å². The van der Waals surface area contributed by atoms with E-state index in [9.17, 15) is 29.1 Å². The van der Waals surface area contributed by atoms with Gasteiger partial charge in [0.25, 0.3) is 0 Å². The zero-order valence-electron chi connectivity index (χ0n) is 18.1. The van der Waals surface area contributed by atoms with Gasteiger partial charge in [-0.1, -0.05) is 18.2 Å². The number of hydrogen-bond donors (Lipinski definition) is 7. The minimum Gasteiger partial charge on any atom is -0.480 e. The molecule has 1 aromatic heterocycles. The SMILES string of the molecule is CC(NC(=O)C(CCC(N)=O)NC(=O)CN)C(=O)NC(Cc1c[nH]c2ccccc12)C(=O)O. The van der Waals surface area contributed by atoms with Gasteiger partial charge in [0.15, 0.2) is 0 Å². The van der Waals surface area contributed by atoms with Crippen LogP contribution in [0.2, 0.25) is 0 Å². The Morgan fingerprint density at radius 3 is 2.36 bits per heavy atom. The van der Waals surface area contributed by atoms with Crippen LogP contribution in [0.4, 0.5) is 0 Å². The lowest BCUT2D eigenvalue weighted by atomic mass is 10.0. The monoisotopic (exact) mass is 460 g/mol. The van der Waals surface area contributed by atoms with Gasteiger partial charge in [0.2, 0.25) is 23.6 Å². The molecule has 3 unspecified atom stereocenters. The molecule has 0 radical (unpaired) electrons. The normalized spacial score (nSPS) is 13.5. The summed E-state index contributed by atoms with van der Waals surface area (Å²) in [5.41, 5.74) is 11.9. The molecular formula is C21H28N6O6. The first-order valence-electron chi connectivity index (χ1n) is 10.3. The van der Waals surface area contributed by atoms with Crippen molar-refractivity contribution in [3.8, 4) is 0 Å². The number of carboxylic acids is 1. The molecule has 0 aliphatic carbocycles. The van der Waals surface area contributed by atoms with Crippen LogP contribution in [0.1, 0.15) is 25.3 Å². The van der Waals surface area contributed by atoms with E-state index in [0.29, 0.717) is 5.56 Å². The molecule has 0 aliphatic rings. The highest BCUT2D eigenvalue weighted by molar-refractivity contribution is 5.94. The van der Waals surface area contributed by atoms with E-state index in [1.165, 1.54) is 6.92 Å². The number of H-pyrrole nitrogens is 1. The van der Waals surface area contributed by atoms with Gasteiger partial charge >= 0.3 is 5.97 Å². The van der Waals surface area contributed by atoms with Crippen molar-refractivity contribution in [1.29, 1.82) is 0 Å². The smallest absolute Gasteiger partial charge is 0.326 e. The van der Waals surface area contributed by atoms with Gasteiger partial charge in [-0.15, -0.1) is 0 Å². The zero-order chi connectivity index (χ0) is 24.5. The summed E-state index contributed by atoms with van der Waals surface area (Å²) in [6.07, 6.45) is 1.45. The van der Waals surface area contributed by atoms with Crippen molar-refractivity contribution < 1.29 is 29.1 Å². The number of primary amides is 1. The number of aromatic nitrogens is 1. The summed E-state index contributed by atoms with van der Waals surface area (Å²) in [5, 5.41) is 17.6. The number of para-hydroxylation sites is 1. The number of carbonyl (C=O) groups excluding carboxylic acids is 4. The minimum absolute atomic E-state index is 0.0273. The first kappa shape index (κ1) is 25.3. The summed E-state index contributed by atoms with van der Waals surface area (Å²) in [5.74, 6) is -3.98. The third-order valence-electron chi connectivity index (χ3n) is 4.98. The standard InChI is InChI=1S/C21H28N6O6/c1-11(25-20(31)15(6-7-17(23)28)26-18(29)9-22)19(30)27-16(21(32)33)8-12-10-24-14-5-3-2-4-13(12)14/h2-5,10-11,15-16,24H,6-9,22H2,1H3,(H2,23,28)(H,25,31)(H,26,29)(H,27,30)(H,32,33). The Labute approximate surface area is 189 Å². The molecule has 1 heterocycles. The molecule has 0 spiro atoms. The quantitative estimate of drug-likeness (QED) is 0.199. The topological polar surface area (TPSA) is 209 Å². The molecule has 0 bridgehead atoms. The van der Waals surface area contributed by atoms with Crippen molar-refractivity contribution in [2.24, 2.45) is 11.5 Å². The second-order valence-electron chi connectivity index (χ2n) is 7.52. The minimum atomic E-state index is -1.24. The number of aliphatic carboxylic acids is 1. The second kappa shape index (κ2) is 11.6. The van der Waals surface area contributed by atoms with Gasteiger partial charge in [0.05, 0.1) is 6.54 Å². The second-order valence-corrected chi connectivity index (χ2v) is 7.52. The summed E-state index contributed by atoms with van der Waals surface area (Å²) < 4.78 is 0. The number of rotatable bonds is 12. The zero-order valence-corrected chi connectivity index (χ0v) is 18.1. The molecule has 2 aromatic rings. The number of nitrogens with two attached hydrogens (primary N) is 2. The molecular weight excluding hydrogens is 432 g/mol. The van der Waals surface area contributed by atoms with Crippen molar-refractivity contribution in [2.45, 2.75) is 44.3 Å². The molecule has 0 saturated heterocycles. The van der Waals surface area contributed by atoms with E-state index >= 15 is 0 Å². The largest absolute Gasteiger partial charge is 0.480 e. The van der Waals surface area contributed by atoms with Crippen molar-refractivity contribution in [1.82, 2.24) is 20.9 Å². The third kappa shape index (κ3) is 7.31. The molecule has 0 aliphatic heterocycles. The highest BCUT2D eigenvalue weighted by Gasteiger charge is 2.28. The summed E-state index contributed by atoms with van der Waals surface area (Å²) >= 11 is 0. The van der Waals surface area contributed by atoms with Crippen LogP contribution in [0.25, 0.3) is 10.9 Å². The number of amides is 4. The third-order valence-corrected chi connectivity index (χ3v) is 4.98. The Hall–Kier alpha value is -3.93. The van der Waals surface area contributed by atoms with Gasteiger partial charge < -0.3 is 37.5 Å². The van der Waals surface area contributed by atoms with Gasteiger partial charge in [-0.2, -0.15) is 0 Å². The van der Waals surface area contributed by atoms with Crippen LogP contribution < -0.4 is 27.4 Å². The first-order chi connectivity index (χ1) is 15.6. The number of benzene rings is 1. The molecule has 3 atom stereocenters. The predicted molar refractivity (Wildman–Crippen MR) is 119 cm³/mol. The molecule has 12 heteroatoms. The van der Waals surface area contributed by atoms with E-state index in [1.807, 2.05) is 24.3 Å². The van der Waals surface area contributed by atoms with Crippen molar-refractivity contribution in [2.75, 3.05) is 6.54 Å². The Kier molecular flexibility index (Phi) is 8.92. The molecule has 0 saturated carbocycles. The van der Waals surface area contributed by atoms with Gasteiger partial charge in [0.1, 0.15) is 18.1 Å². The Morgan fingerprint density at radius 2 is 1.73 bits per heavy atom. The molecule has 12 nitrogen and oxygen atoms in total. The average Bonchev–Trinajstić information content (AvgIpc) is 3.18. The maximum atomic E-state index is 12.6. The molecule has 9 N–H and O–H groups in total. The predicted octanol–water partition coefficient (Wildman–Crippen LogP) is -1.51. The summed E-state index contributed by atoms with van der Waals surface area (Å²) in [6, 6.07) is 3.87. The fraction of sp³-hybridized carbons (Fsp3) is 0.381. The number of carboxylic acid groups (broad SMARTS) is 1. The summed E-state index contributed by atoms with van der Waals surface area (Å²) in [7, 11) is 0. The lowest BCUT2D eigenvalue weighted by Crippen LogP contribution is -2.55. The highest BCUT2D eigenvalue weighted by atomic mass is 16.4. The Bertz CT molecular complexity index is 1040. The van der Waals surface area contributed by atoms with Gasteiger partial charge in [-0.05, 0) is 25.0 Å².